The molecule has 2 heterocycles. The van der Waals surface area contributed by atoms with Gasteiger partial charge in [0.15, 0.2) is 0 Å². The van der Waals surface area contributed by atoms with E-state index in [1.165, 1.54) is 0 Å². The van der Waals surface area contributed by atoms with Crippen LogP contribution in [0.1, 0.15) is 16.8 Å². The predicted octanol–water partition coefficient (Wildman–Crippen LogP) is 2.82. The fraction of sp³-hybridized carbons (Fsp3) is 0.200. The maximum atomic E-state index is 12.6. The Hall–Kier alpha value is -2.93. The summed E-state index contributed by atoms with van der Waals surface area (Å²) in [6.07, 6.45) is 0.238. The first kappa shape index (κ1) is 17.5. The smallest absolute Gasteiger partial charge is 0.229 e. The largest absolute Gasteiger partial charge is 0.497 e. The number of para-hydroxylation sites is 1. The molecule has 0 saturated heterocycles. The summed E-state index contributed by atoms with van der Waals surface area (Å²) in [5.41, 5.74) is 3.40. The highest BCUT2D eigenvalue weighted by Crippen LogP contribution is 2.31. The molecule has 0 spiro atoms. The van der Waals surface area contributed by atoms with Gasteiger partial charge >= 0.3 is 0 Å². The lowest BCUT2D eigenvalue weighted by atomic mass is 10.1. The van der Waals surface area contributed by atoms with Crippen molar-refractivity contribution >= 4 is 22.5 Å². The van der Waals surface area contributed by atoms with Crippen molar-refractivity contribution in [3.8, 4) is 11.4 Å². The number of hydrogen-bond acceptors (Lipinski definition) is 4. The summed E-state index contributed by atoms with van der Waals surface area (Å²) in [4.78, 5) is 12.6. The first-order chi connectivity index (χ1) is 13.1. The van der Waals surface area contributed by atoms with E-state index < -0.39 is 10.8 Å². The van der Waals surface area contributed by atoms with E-state index in [1.54, 1.807) is 11.8 Å². The van der Waals surface area contributed by atoms with Gasteiger partial charge in [0.2, 0.25) is 5.91 Å². The van der Waals surface area contributed by atoms with Crippen molar-refractivity contribution in [3.63, 3.8) is 0 Å². The Morgan fingerprint density at radius 2 is 1.89 bits per heavy atom. The summed E-state index contributed by atoms with van der Waals surface area (Å²) in [5.74, 6) is 2.07. The topological polar surface area (TPSA) is 73.2 Å². The normalized spacial score (nSPS) is 15.4. The average Bonchev–Trinajstić information content (AvgIpc) is 3.20. The quantitative estimate of drug-likeness (QED) is 0.738. The van der Waals surface area contributed by atoms with E-state index in [-0.39, 0.29) is 12.3 Å². The molecule has 1 aliphatic rings. The number of anilines is 1. The third-order valence-electron chi connectivity index (χ3n) is 4.45. The van der Waals surface area contributed by atoms with E-state index in [0.29, 0.717) is 17.3 Å². The van der Waals surface area contributed by atoms with Crippen LogP contribution in [-0.4, -0.2) is 27.0 Å². The molecular weight excluding hydrogens is 362 g/mol. The first-order valence-electron chi connectivity index (χ1n) is 8.58. The van der Waals surface area contributed by atoms with Crippen molar-refractivity contribution in [3.05, 3.63) is 71.4 Å². The SMILES string of the molecule is COc1ccc(CC(=O)Nc2c3c(nn2-c2ccccc2)CS(=O)C3)cc1. The van der Waals surface area contributed by atoms with E-state index in [1.807, 2.05) is 54.6 Å². The highest BCUT2D eigenvalue weighted by molar-refractivity contribution is 7.83. The van der Waals surface area contributed by atoms with Crippen molar-refractivity contribution in [1.29, 1.82) is 0 Å². The van der Waals surface area contributed by atoms with Gasteiger partial charge in [0.05, 0.1) is 36.4 Å². The molecule has 0 aliphatic carbocycles. The van der Waals surface area contributed by atoms with Crippen LogP contribution < -0.4 is 10.1 Å². The number of benzene rings is 2. The Labute approximate surface area is 159 Å². The molecule has 138 valence electrons. The number of methoxy groups -OCH3 is 1. The third-order valence-corrected chi connectivity index (χ3v) is 5.66. The van der Waals surface area contributed by atoms with Crippen LogP contribution in [0.25, 0.3) is 5.69 Å². The fourth-order valence-corrected chi connectivity index (χ4v) is 4.38. The number of hydrogen-bond donors (Lipinski definition) is 1. The monoisotopic (exact) mass is 381 g/mol. The minimum Gasteiger partial charge on any atom is -0.497 e. The molecule has 3 aromatic rings. The number of aromatic nitrogens is 2. The van der Waals surface area contributed by atoms with Gasteiger partial charge in [0.1, 0.15) is 11.6 Å². The van der Waals surface area contributed by atoms with Crippen molar-refractivity contribution in [2.75, 3.05) is 12.4 Å². The summed E-state index contributed by atoms with van der Waals surface area (Å²) >= 11 is 0. The molecule has 0 saturated carbocycles. The zero-order valence-corrected chi connectivity index (χ0v) is 15.7. The maximum absolute atomic E-state index is 12.6. The molecule has 1 N–H and O–H groups in total. The Balaban J connectivity index is 1.60. The lowest BCUT2D eigenvalue weighted by Crippen LogP contribution is -2.18. The van der Waals surface area contributed by atoms with Crippen LogP contribution in [0.2, 0.25) is 0 Å². The van der Waals surface area contributed by atoms with Crippen molar-refractivity contribution in [1.82, 2.24) is 9.78 Å². The highest BCUT2D eigenvalue weighted by atomic mass is 32.2. The van der Waals surface area contributed by atoms with Gasteiger partial charge in [-0.25, -0.2) is 4.68 Å². The van der Waals surface area contributed by atoms with Crippen LogP contribution >= 0.6 is 0 Å². The molecule has 2 aromatic carbocycles. The molecule has 0 radical (unpaired) electrons. The van der Waals surface area contributed by atoms with Crippen LogP contribution in [0.5, 0.6) is 5.75 Å². The maximum Gasteiger partial charge on any atom is 0.229 e. The standard InChI is InChI=1S/C20H19N3O3S/c1-26-16-9-7-14(8-10-16)11-19(24)21-20-17-12-27(25)13-18(17)22-23(20)15-5-3-2-4-6-15/h2-10H,11-13H2,1H3,(H,21,24). The van der Waals surface area contributed by atoms with Gasteiger partial charge in [-0.2, -0.15) is 5.10 Å². The van der Waals surface area contributed by atoms with Crippen molar-refractivity contribution < 1.29 is 13.7 Å². The molecule has 7 heteroatoms. The number of rotatable bonds is 5. The highest BCUT2D eigenvalue weighted by Gasteiger charge is 2.28. The Bertz CT molecular complexity index is 997. The second kappa shape index (κ2) is 7.36. The van der Waals surface area contributed by atoms with Gasteiger partial charge < -0.3 is 10.1 Å². The number of nitrogens with zero attached hydrogens (tertiary/aromatic N) is 2. The Kier molecular flexibility index (Phi) is 4.77. The van der Waals surface area contributed by atoms with Gasteiger partial charge in [-0.15, -0.1) is 0 Å². The predicted molar refractivity (Wildman–Crippen MR) is 104 cm³/mol. The van der Waals surface area contributed by atoms with E-state index in [9.17, 15) is 9.00 Å². The number of amides is 1. The second-order valence-electron chi connectivity index (χ2n) is 6.32. The van der Waals surface area contributed by atoms with Crippen LogP contribution in [0, 0.1) is 0 Å². The van der Waals surface area contributed by atoms with Gasteiger partial charge in [-0.1, -0.05) is 30.3 Å². The van der Waals surface area contributed by atoms with Gasteiger partial charge in [-0.05, 0) is 29.8 Å². The van der Waals surface area contributed by atoms with Crippen LogP contribution in [0.15, 0.2) is 54.6 Å². The van der Waals surface area contributed by atoms with E-state index in [0.717, 1.165) is 28.3 Å². The zero-order valence-electron chi connectivity index (χ0n) is 14.8. The number of ether oxygens (including phenoxy) is 1. The lowest BCUT2D eigenvalue weighted by Gasteiger charge is -2.11. The summed E-state index contributed by atoms with van der Waals surface area (Å²) in [6, 6.07) is 17.0. The molecular formula is C20H19N3O3S. The zero-order chi connectivity index (χ0) is 18.8. The molecule has 6 nitrogen and oxygen atoms in total. The Morgan fingerprint density at radius 3 is 2.59 bits per heavy atom. The lowest BCUT2D eigenvalue weighted by molar-refractivity contribution is -0.115. The van der Waals surface area contributed by atoms with Crippen molar-refractivity contribution in [2.24, 2.45) is 0 Å². The van der Waals surface area contributed by atoms with Gasteiger partial charge in [-0.3, -0.25) is 9.00 Å². The minimum atomic E-state index is -0.961. The number of carbonyl (C=O) groups is 1. The molecule has 0 bridgehead atoms. The molecule has 27 heavy (non-hydrogen) atoms. The molecule has 1 unspecified atom stereocenters. The van der Waals surface area contributed by atoms with E-state index in [4.69, 9.17) is 4.74 Å². The summed E-state index contributed by atoms with van der Waals surface area (Å²) in [6.45, 7) is 0. The van der Waals surface area contributed by atoms with Crippen LogP contribution in [0.3, 0.4) is 0 Å². The summed E-state index contributed by atoms with van der Waals surface area (Å²) < 4.78 is 18.8. The number of carbonyl (C=O) groups excluding carboxylic acids is 1. The van der Waals surface area contributed by atoms with Crippen molar-refractivity contribution in [2.45, 2.75) is 17.9 Å². The Morgan fingerprint density at radius 1 is 1.15 bits per heavy atom. The number of nitrogens with one attached hydrogen (secondary N) is 1. The average molecular weight is 381 g/mol. The van der Waals surface area contributed by atoms with Gasteiger partial charge in [0, 0.05) is 16.4 Å². The molecule has 1 aromatic heterocycles. The summed E-state index contributed by atoms with van der Waals surface area (Å²) in [7, 11) is 0.647. The fourth-order valence-electron chi connectivity index (χ4n) is 3.12. The second-order valence-corrected chi connectivity index (χ2v) is 7.78. The van der Waals surface area contributed by atoms with Crippen LogP contribution in [0.4, 0.5) is 5.82 Å². The van der Waals surface area contributed by atoms with E-state index >= 15 is 0 Å². The van der Waals surface area contributed by atoms with E-state index in [2.05, 4.69) is 10.4 Å². The first-order valence-corrected chi connectivity index (χ1v) is 10.1. The molecule has 1 aliphatic heterocycles. The molecule has 1 amide bonds. The molecule has 1 atom stereocenters. The molecule has 4 rings (SSSR count). The summed E-state index contributed by atoms with van der Waals surface area (Å²) in [5, 5.41) is 7.57. The molecule has 0 fully saturated rings. The van der Waals surface area contributed by atoms with Gasteiger partial charge in [0.25, 0.3) is 0 Å². The minimum absolute atomic E-state index is 0.141. The van der Waals surface area contributed by atoms with Crippen LogP contribution in [-0.2, 0) is 33.5 Å². The number of fused-ring (bicyclic) bond motifs is 1. The third kappa shape index (κ3) is 3.64.